The van der Waals surface area contributed by atoms with Gasteiger partial charge in [0, 0.05) is 18.8 Å². The number of aromatic nitrogens is 2. The molecule has 1 N–H and O–H groups in total. The van der Waals surface area contributed by atoms with Crippen LogP contribution in [0.15, 0.2) is 17.3 Å². The van der Waals surface area contributed by atoms with Crippen LogP contribution in [0.25, 0.3) is 0 Å². The molecule has 0 saturated carbocycles. The van der Waals surface area contributed by atoms with Gasteiger partial charge in [-0.25, -0.2) is 8.93 Å². The average molecular weight is 215 g/mol. The highest BCUT2D eigenvalue weighted by Crippen LogP contribution is 2.10. The highest BCUT2D eigenvalue weighted by atomic mass is 32.2. The molecule has 0 aliphatic rings. The summed E-state index contributed by atoms with van der Waals surface area (Å²) in [6, 6.07) is 0. The van der Waals surface area contributed by atoms with Gasteiger partial charge >= 0.3 is 0 Å². The molecule has 1 rings (SSSR count). The van der Waals surface area contributed by atoms with Gasteiger partial charge in [-0.1, -0.05) is 0 Å². The standard InChI is InChI=1S/C9H17N3OS/c1-9(2,3)11-14(5,13)8-6-10-12(4)7-8/h6-7H,5H2,1-4H3,(H,11,13). The third kappa shape index (κ3) is 2.85. The quantitative estimate of drug-likeness (QED) is 0.742. The summed E-state index contributed by atoms with van der Waals surface area (Å²) in [5, 5.41) is 3.97. The van der Waals surface area contributed by atoms with Crippen molar-refractivity contribution in [2.24, 2.45) is 7.05 Å². The van der Waals surface area contributed by atoms with Gasteiger partial charge in [0.25, 0.3) is 0 Å². The van der Waals surface area contributed by atoms with Crippen LogP contribution in [0, 0.1) is 0 Å². The maximum absolute atomic E-state index is 12.1. The molecule has 1 atom stereocenters. The smallest absolute Gasteiger partial charge is 0.0824 e. The van der Waals surface area contributed by atoms with E-state index in [2.05, 4.69) is 15.7 Å². The lowest BCUT2D eigenvalue weighted by molar-refractivity contribution is 0.518. The first kappa shape index (κ1) is 11.3. The summed E-state index contributed by atoms with van der Waals surface area (Å²) in [6.45, 7) is 5.86. The van der Waals surface area contributed by atoms with E-state index in [9.17, 15) is 4.21 Å². The van der Waals surface area contributed by atoms with Crippen LogP contribution in [0.5, 0.6) is 0 Å². The van der Waals surface area contributed by atoms with Crippen LogP contribution in [-0.2, 0) is 16.8 Å². The largest absolute Gasteiger partial charge is 0.275 e. The fourth-order valence-electron chi connectivity index (χ4n) is 1.12. The summed E-state index contributed by atoms with van der Waals surface area (Å²) in [5.74, 6) is 3.70. The van der Waals surface area contributed by atoms with E-state index in [0.29, 0.717) is 4.90 Å². The zero-order chi connectivity index (χ0) is 11.0. The van der Waals surface area contributed by atoms with Crippen LogP contribution < -0.4 is 4.72 Å². The Labute approximate surface area is 85.5 Å². The molecule has 0 aromatic carbocycles. The van der Waals surface area contributed by atoms with Crippen LogP contribution in [-0.4, -0.2) is 25.4 Å². The summed E-state index contributed by atoms with van der Waals surface area (Å²) >= 11 is 0. The van der Waals surface area contributed by atoms with Gasteiger partial charge in [-0.3, -0.25) is 4.68 Å². The molecule has 1 aromatic heterocycles. The first-order valence-electron chi connectivity index (χ1n) is 4.35. The first-order chi connectivity index (χ1) is 6.21. The minimum Gasteiger partial charge on any atom is -0.275 e. The fraction of sp³-hybridized carbons (Fsp3) is 0.556. The van der Waals surface area contributed by atoms with Gasteiger partial charge in [-0.2, -0.15) is 5.10 Å². The van der Waals surface area contributed by atoms with E-state index < -0.39 is 9.71 Å². The first-order valence-corrected chi connectivity index (χ1v) is 6.08. The summed E-state index contributed by atoms with van der Waals surface area (Å²) in [5.41, 5.74) is -0.228. The maximum atomic E-state index is 12.1. The Hall–Kier alpha value is -0.810. The van der Waals surface area contributed by atoms with Gasteiger partial charge in [0.1, 0.15) is 0 Å². The number of rotatable bonds is 2. The van der Waals surface area contributed by atoms with E-state index in [1.807, 2.05) is 20.8 Å². The Kier molecular flexibility index (Phi) is 2.74. The van der Waals surface area contributed by atoms with Crippen LogP contribution in [0.1, 0.15) is 20.8 Å². The van der Waals surface area contributed by atoms with Crippen LogP contribution in [0.4, 0.5) is 0 Å². The predicted molar refractivity (Wildman–Crippen MR) is 59.6 cm³/mol. The molecule has 0 fully saturated rings. The number of nitrogens with zero attached hydrogens (tertiary/aromatic N) is 2. The molecule has 80 valence electrons. The molecular weight excluding hydrogens is 198 g/mol. The molecule has 0 bridgehead atoms. The van der Waals surface area contributed by atoms with E-state index in [4.69, 9.17) is 0 Å². The Morgan fingerprint density at radius 1 is 1.57 bits per heavy atom. The minimum atomic E-state index is -2.43. The summed E-state index contributed by atoms with van der Waals surface area (Å²) in [7, 11) is -0.643. The summed E-state index contributed by atoms with van der Waals surface area (Å²) in [6.07, 6.45) is 3.29. The van der Waals surface area contributed by atoms with Crippen molar-refractivity contribution in [1.82, 2.24) is 14.5 Å². The van der Waals surface area contributed by atoms with E-state index in [1.165, 1.54) is 0 Å². The Morgan fingerprint density at radius 3 is 2.50 bits per heavy atom. The van der Waals surface area contributed by atoms with E-state index in [1.54, 1.807) is 24.1 Å². The zero-order valence-corrected chi connectivity index (χ0v) is 9.89. The van der Waals surface area contributed by atoms with Gasteiger partial charge in [0.2, 0.25) is 0 Å². The third-order valence-corrected chi connectivity index (χ3v) is 3.45. The van der Waals surface area contributed by atoms with Crippen LogP contribution in [0.3, 0.4) is 0 Å². The lowest BCUT2D eigenvalue weighted by Crippen LogP contribution is -2.40. The second-order valence-electron chi connectivity index (χ2n) is 4.38. The SMILES string of the molecule is C=S(=O)(NC(C)(C)C)c1cnn(C)c1. The van der Waals surface area contributed by atoms with Gasteiger partial charge in [0.15, 0.2) is 0 Å². The Balaban J connectivity index is 2.98. The third-order valence-electron chi connectivity index (χ3n) is 1.53. The second-order valence-corrected chi connectivity index (χ2v) is 6.40. The normalized spacial score (nSPS) is 16.6. The van der Waals surface area contributed by atoms with Crippen molar-refractivity contribution in [2.75, 3.05) is 0 Å². The molecule has 14 heavy (non-hydrogen) atoms. The summed E-state index contributed by atoms with van der Waals surface area (Å²) < 4.78 is 16.7. The molecule has 0 saturated heterocycles. The maximum Gasteiger partial charge on any atom is 0.0824 e. The Bertz CT molecular complexity index is 412. The zero-order valence-electron chi connectivity index (χ0n) is 9.07. The van der Waals surface area contributed by atoms with Crippen LogP contribution in [0.2, 0.25) is 0 Å². The van der Waals surface area contributed by atoms with Gasteiger partial charge in [-0.05, 0) is 26.6 Å². The van der Waals surface area contributed by atoms with Crippen molar-refractivity contribution in [3.05, 3.63) is 12.4 Å². The van der Waals surface area contributed by atoms with Crippen molar-refractivity contribution in [2.45, 2.75) is 31.2 Å². The molecule has 1 heterocycles. The highest BCUT2D eigenvalue weighted by molar-refractivity contribution is 7.98. The molecule has 4 nitrogen and oxygen atoms in total. The minimum absolute atomic E-state index is 0.228. The van der Waals surface area contributed by atoms with Crippen molar-refractivity contribution in [3.8, 4) is 0 Å². The topological polar surface area (TPSA) is 46.9 Å². The molecule has 0 spiro atoms. The molecular formula is C9H17N3OS. The molecule has 1 unspecified atom stereocenters. The van der Waals surface area contributed by atoms with E-state index in [0.717, 1.165) is 0 Å². The number of hydrogen-bond donors (Lipinski definition) is 1. The molecule has 0 amide bonds. The van der Waals surface area contributed by atoms with E-state index >= 15 is 0 Å². The van der Waals surface area contributed by atoms with Crippen molar-refractivity contribution in [3.63, 3.8) is 0 Å². The number of nitrogens with one attached hydrogen (secondary N) is 1. The number of aryl methyl sites for hydroxylation is 1. The number of hydrogen-bond acceptors (Lipinski definition) is 2. The predicted octanol–water partition coefficient (Wildman–Crippen LogP) is 0.798. The lowest BCUT2D eigenvalue weighted by atomic mass is 10.1. The molecule has 0 aliphatic heterocycles. The fourth-order valence-corrected chi connectivity index (χ4v) is 2.77. The van der Waals surface area contributed by atoms with Gasteiger partial charge in [-0.15, -0.1) is 0 Å². The van der Waals surface area contributed by atoms with Crippen molar-refractivity contribution >= 4 is 15.6 Å². The van der Waals surface area contributed by atoms with Gasteiger partial charge < -0.3 is 0 Å². The monoisotopic (exact) mass is 215 g/mol. The molecule has 1 aromatic rings. The van der Waals surface area contributed by atoms with Gasteiger partial charge in [0.05, 0.1) is 20.8 Å². The second kappa shape index (κ2) is 3.40. The van der Waals surface area contributed by atoms with Crippen molar-refractivity contribution in [1.29, 1.82) is 0 Å². The molecule has 0 radical (unpaired) electrons. The lowest BCUT2D eigenvalue weighted by Gasteiger charge is -2.22. The average Bonchev–Trinajstić information content (AvgIpc) is 2.29. The summed E-state index contributed by atoms with van der Waals surface area (Å²) in [4.78, 5) is 0.634. The van der Waals surface area contributed by atoms with E-state index in [-0.39, 0.29) is 5.54 Å². The van der Waals surface area contributed by atoms with Crippen molar-refractivity contribution < 1.29 is 4.21 Å². The molecule has 0 aliphatic carbocycles. The Morgan fingerprint density at radius 2 is 2.14 bits per heavy atom. The van der Waals surface area contributed by atoms with Crippen LogP contribution >= 0.6 is 0 Å². The molecule has 5 heteroatoms. The highest BCUT2D eigenvalue weighted by Gasteiger charge is 2.17.